The molecule has 0 saturated heterocycles. The van der Waals surface area contributed by atoms with Gasteiger partial charge < -0.3 is 0 Å². The van der Waals surface area contributed by atoms with Gasteiger partial charge in [-0.1, -0.05) is 63.1 Å². The van der Waals surface area contributed by atoms with Crippen LogP contribution in [0.5, 0.6) is 0 Å². The second kappa shape index (κ2) is 6.91. The molecule has 0 heteroatoms. The van der Waals surface area contributed by atoms with Crippen LogP contribution < -0.4 is 0 Å². The Labute approximate surface area is 157 Å². The van der Waals surface area contributed by atoms with Crippen molar-refractivity contribution < 1.29 is 0 Å². The molecular formula is C26H30. The summed E-state index contributed by atoms with van der Waals surface area (Å²) in [5.41, 5.74) is 6.01. The minimum atomic E-state index is 1.19. The van der Waals surface area contributed by atoms with Gasteiger partial charge in [0, 0.05) is 0 Å². The van der Waals surface area contributed by atoms with Crippen molar-refractivity contribution in [1.82, 2.24) is 0 Å². The monoisotopic (exact) mass is 342 g/mol. The predicted octanol–water partition coefficient (Wildman–Crippen LogP) is 7.89. The second-order valence-corrected chi connectivity index (χ2v) is 7.95. The van der Waals surface area contributed by atoms with Gasteiger partial charge in [0.15, 0.2) is 0 Å². The summed E-state index contributed by atoms with van der Waals surface area (Å²) in [5, 5.41) is 8.68. The fourth-order valence-electron chi connectivity index (χ4n) is 4.61. The van der Waals surface area contributed by atoms with Crippen LogP contribution in [0.15, 0.2) is 36.4 Å². The van der Waals surface area contributed by atoms with Crippen molar-refractivity contribution in [3.8, 4) is 0 Å². The topological polar surface area (TPSA) is 0 Å². The molecule has 0 aliphatic rings. The van der Waals surface area contributed by atoms with E-state index in [0.29, 0.717) is 0 Å². The Morgan fingerprint density at radius 3 is 1.42 bits per heavy atom. The van der Waals surface area contributed by atoms with Crippen molar-refractivity contribution in [2.75, 3.05) is 0 Å². The highest BCUT2D eigenvalue weighted by atomic mass is 14.2. The van der Waals surface area contributed by atoms with Crippen molar-refractivity contribution in [3.05, 3.63) is 58.7 Å². The highest BCUT2D eigenvalue weighted by Gasteiger charge is 2.15. The maximum Gasteiger partial charge on any atom is -0.00238 e. The van der Waals surface area contributed by atoms with Crippen LogP contribution in [0.4, 0.5) is 0 Å². The molecule has 0 nitrogen and oxygen atoms in total. The van der Waals surface area contributed by atoms with Gasteiger partial charge >= 0.3 is 0 Å². The number of hydrogen-bond donors (Lipinski definition) is 0. The number of unbranched alkanes of at least 4 members (excludes halogenated alkanes) is 2. The number of hydrogen-bond acceptors (Lipinski definition) is 0. The smallest absolute Gasteiger partial charge is 0.00238 e. The Kier molecular flexibility index (Phi) is 4.61. The summed E-state index contributed by atoms with van der Waals surface area (Å²) in [5.74, 6) is 0. The van der Waals surface area contributed by atoms with Crippen molar-refractivity contribution in [1.29, 1.82) is 0 Å². The molecule has 0 unspecified atom stereocenters. The molecule has 0 spiro atoms. The van der Waals surface area contributed by atoms with Crippen LogP contribution in [0.25, 0.3) is 32.3 Å². The van der Waals surface area contributed by atoms with E-state index in [4.69, 9.17) is 0 Å². The van der Waals surface area contributed by atoms with Crippen LogP contribution >= 0.6 is 0 Å². The third-order valence-corrected chi connectivity index (χ3v) is 6.26. The average molecular weight is 343 g/mol. The Morgan fingerprint density at radius 2 is 1.04 bits per heavy atom. The molecule has 4 aromatic rings. The first kappa shape index (κ1) is 17.3. The Hall–Kier alpha value is -2.08. The van der Waals surface area contributed by atoms with Gasteiger partial charge in [-0.25, -0.2) is 0 Å². The molecule has 4 aromatic carbocycles. The highest BCUT2D eigenvalue weighted by molar-refractivity contribution is 6.24. The Bertz CT molecular complexity index is 981. The summed E-state index contributed by atoms with van der Waals surface area (Å²) in [6.07, 6.45) is 7.44. The Balaban J connectivity index is 2.02. The number of rotatable bonds is 6. The lowest BCUT2D eigenvalue weighted by Crippen LogP contribution is -1.97. The molecule has 0 N–H and O–H groups in total. The van der Waals surface area contributed by atoms with Gasteiger partial charge in [-0.05, 0) is 94.1 Å². The predicted molar refractivity (Wildman–Crippen MR) is 117 cm³/mol. The lowest BCUT2D eigenvalue weighted by atomic mass is 9.86. The van der Waals surface area contributed by atoms with Crippen molar-refractivity contribution in [2.45, 2.75) is 66.2 Å². The molecule has 0 aliphatic heterocycles. The molecule has 0 heterocycles. The fraction of sp³-hybridized carbons (Fsp3) is 0.385. The summed E-state index contributed by atoms with van der Waals surface area (Å²) in [4.78, 5) is 0. The number of aryl methyl sites for hydroxylation is 4. The molecule has 0 atom stereocenters. The van der Waals surface area contributed by atoms with E-state index in [1.807, 2.05) is 0 Å². The largest absolute Gasteiger partial charge is 0.0654 e. The molecule has 0 aliphatic carbocycles. The maximum absolute atomic E-state index is 2.45. The first-order chi connectivity index (χ1) is 12.7. The summed E-state index contributed by atoms with van der Waals surface area (Å²) in [6.45, 7) is 9.19. The molecular weight excluding hydrogens is 312 g/mol. The minimum Gasteiger partial charge on any atom is -0.0654 e. The summed E-state index contributed by atoms with van der Waals surface area (Å²) in [6, 6.07) is 14.4. The van der Waals surface area contributed by atoms with Crippen LogP contribution in [0.3, 0.4) is 0 Å². The van der Waals surface area contributed by atoms with Crippen molar-refractivity contribution in [3.63, 3.8) is 0 Å². The zero-order chi connectivity index (χ0) is 18.3. The van der Waals surface area contributed by atoms with Gasteiger partial charge in [0.05, 0.1) is 0 Å². The standard InChI is InChI=1S/C26H30/c1-5-7-9-19-15-21-11-12-22-16-20(10-8-6-2)18(4)24-14-13-23(17(19)3)25(21)26(22)24/h11-16H,5-10H2,1-4H3. The fourth-order valence-corrected chi connectivity index (χ4v) is 4.61. The van der Waals surface area contributed by atoms with E-state index in [2.05, 4.69) is 64.1 Å². The Morgan fingerprint density at radius 1 is 0.615 bits per heavy atom. The van der Waals surface area contributed by atoms with E-state index in [-0.39, 0.29) is 0 Å². The molecule has 26 heavy (non-hydrogen) atoms. The van der Waals surface area contributed by atoms with Gasteiger partial charge in [0.2, 0.25) is 0 Å². The third kappa shape index (κ3) is 2.67. The van der Waals surface area contributed by atoms with E-state index >= 15 is 0 Å². The lowest BCUT2D eigenvalue weighted by Gasteiger charge is -2.18. The summed E-state index contributed by atoms with van der Waals surface area (Å²) in [7, 11) is 0. The van der Waals surface area contributed by atoms with Gasteiger partial charge in [0.1, 0.15) is 0 Å². The quantitative estimate of drug-likeness (QED) is 0.312. The van der Waals surface area contributed by atoms with E-state index in [9.17, 15) is 0 Å². The lowest BCUT2D eigenvalue weighted by molar-refractivity contribution is 0.793. The zero-order valence-electron chi connectivity index (χ0n) is 16.7. The van der Waals surface area contributed by atoms with Gasteiger partial charge in [-0.2, -0.15) is 0 Å². The third-order valence-electron chi connectivity index (χ3n) is 6.26. The highest BCUT2D eigenvalue weighted by Crippen LogP contribution is 2.39. The molecule has 4 rings (SSSR count). The molecule has 0 fully saturated rings. The molecule has 134 valence electrons. The average Bonchev–Trinajstić information content (AvgIpc) is 2.66. The van der Waals surface area contributed by atoms with Crippen molar-refractivity contribution in [2.24, 2.45) is 0 Å². The first-order valence-electron chi connectivity index (χ1n) is 10.3. The van der Waals surface area contributed by atoms with E-state index < -0.39 is 0 Å². The van der Waals surface area contributed by atoms with E-state index in [0.717, 1.165) is 0 Å². The molecule has 0 bridgehead atoms. The summed E-state index contributed by atoms with van der Waals surface area (Å²) < 4.78 is 0. The van der Waals surface area contributed by atoms with Crippen LogP contribution in [-0.4, -0.2) is 0 Å². The second-order valence-electron chi connectivity index (χ2n) is 7.95. The van der Waals surface area contributed by atoms with E-state index in [1.165, 1.54) is 93.1 Å². The van der Waals surface area contributed by atoms with E-state index in [1.54, 1.807) is 0 Å². The van der Waals surface area contributed by atoms with Gasteiger partial charge in [-0.3, -0.25) is 0 Å². The summed E-state index contributed by atoms with van der Waals surface area (Å²) >= 11 is 0. The van der Waals surface area contributed by atoms with Crippen LogP contribution in [0.1, 0.15) is 61.8 Å². The molecule has 0 radical (unpaired) electrons. The molecule has 0 saturated carbocycles. The van der Waals surface area contributed by atoms with Crippen LogP contribution in [-0.2, 0) is 12.8 Å². The maximum atomic E-state index is 2.45. The first-order valence-corrected chi connectivity index (χ1v) is 10.3. The zero-order valence-corrected chi connectivity index (χ0v) is 16.7. The van der Waals surface area contributed by atoms with Crippen LogP contribution in [0, 0.1) is 13.8 Å². The van der Waals surface area contributed by atoms with Gasteiger partial charge in [0.25, 0.3) is 0 Å². The van der Waals surface area contributed by atoms with Gasteiger partial charge in [-0.15, -0.1) is 0 Å². The normalized spacial score (nSPS) is 12.0. The minimum absolute atomic E-state index is 1.19. The number of benzene rings is 4. The molecule has 0 amide bonds. The van der Waals surface area contributed by atoms with Crippen LogP contribution in [0.2, 0.25) is 0 Å². The SMILES string of the molecule is CCCCc1cc2ccc3cc(CCCC)c(C)c4ccc(c1C)c2c34. The molecule has 0 aromatic heterocycles. The van der Waals surface area contributed by atoms with Crippen molar-refractivity contribution >= 4 is 32.3 Å².